The standard InChI is InChI=1S/C26H34N4O3/c1-18(2)25(28-23(31)16-20-8-5-7-19-6-3-4-9-22(19)20)26(33)30-14-12-29(13-15-30)17-24(32)27-21-10-11-21/h3-9,18,21,25H,10-17H2,1-2H3,(H,27,32)(H,28,31)/t25-/m1/s1. The molecule has 2 aromatic carbocycles. The first-order chi connectivity index (χ1) is 15.9. The van der Waals surface area contributed by atoms with Gasteiger partial charge in [-0.25, -0.2) is 0 Å². The van der Waals surface area contributed by atoms with Gasteiger partial charge in [0.25, 0.3) is 0 Å². The molecule has 2 aromatic rings. The van der Waals surface area contributed by atoms with Crippen LogP contribution in [0.4, 0.5) is 0 Å². The number of nitrogens with one attached hydrogen (secondary N) is 2. The van der Waals surface area contributed by atoms with E-state index in [2.05, 4.69) is 15.5 Å². The van der Waals surface area contributed by atoms with Gasteiger partial charge in [-0.2, -0.15) is 0 Å². The largest absolute Gasteiger partial charge is 0.352 e. The molecule has 33 heavy (non-hydrogen) atoms. The Morgan fingerprint density at radius 2 is 1.64 bits per heavy atom. The van der Waals surface area contributed by atoms with Gasteiger partial charge in [0.2, 0.25) is 17.7 Å². The number of carbonyl (C=O) groups excluding carboxylic acids is 3. The Morgan fingerprint density at radius 3 is 2.33 bits per heavy atom. The fourth-order valence-electron chi connectivity index (χ4n) is 4.38. The first-order valence-corrected chi connectivity index (χ1v) is 12.0. The van der Waals surface area contributed by atoms with Gasteiger partial charge >= 0.3 is 0 Å². The average Bonchev–Trinajstić information content (AvgIpc) is 3.61. The number of nitrogens with zero attached hydrogens (tertiary/aromatic N) is 2. The number of amides is 3. The van der Waals surface area contributed by atoms with Crippen LogP contribution in [0.25, 0.3) is 10.8 Å². The predicted molar refractivity (Wildman–Crippen MR) is 129 cm³/mol. The number of fused-ring (bicyclic) bond motifs is 1. The van der Waals surface area contributed by atoms with Gasteiger partial charge in [0, 0.05) is 32.2 Å². The third-order valence-electron chi connectivity index (χ3n) is 6.47. The minimum absolute atomic E-state index is 0.0173. The number of rotatable bonds is 8. The highest BCUT2D eigenvalue weighted by molar-refractivity contribution is 5.92. The highest BCUT2D eigenvalue weighted by Crippen LogP contribution is 2.20. The summed E-state index contributed by atoms with van der Waals surface area (Å²) in [5.74, 6) is -0.138. The lowest BCUT2D eigenvalue weighted by atomic mass is 9.99. The molecule has 1 saturated heterocycles. The van der Waals surface area contributed by atoms with Crippen LogP contribution in [0, 0.1) is 5.92 Å². The number of carbonyl (C=O) groups is 3. The zero-order valence-electron chi connectivity index (χ0n) is 19.5. The maximum atomic E-state index is 13.2. The molecule has 4 rings (SSSR count). The summed E-state index contributed by atoms with van der Waals surface area (Å²) in [5.41, 5.74) is 0.957. The first kappa shape index (κ1) is 23.2. The lowest BCUT2D eigenvalue weighted by molar-refractivity contribution is -0.139. The minimum atomic E-state index is -0.558. The van der Waals surface area contributed by atoms with Gasteiger partial charge in [0.05, 0.1) is 13.0 Å². The van der Waals surface area contributed by atoms with Crippen molar-refractivity contribution in [2.24, 2.45) is 5.92 Å². The van der Waals surface area contributed by atoms with E-state index in [0.29, 0.717) is 38.8 Å². The fraction of sp³-hybridized carbons (Fsp3) is 0.500. The van der Waals surface area contributed by atoms with E-state index in [-0.39, 0.29) is 30.1 Å². The quantitative estimate of drug-likeness (QED) is 0.644. The summed E-state index contributed by atoms with van der Waals surface area (Å²) in [6, 6.07) is 13.8. The van der Waals surface area contributed by atoms with E-state index in [9.17, 15) is 14.4 Å². The van der Waals surface area contributed by atoms with Gasteiger partial charge in [0.1, 0.15) is 6.04 Å². The van der Waals surface area contributed by atoms with E-state index in [1.165, 1.54) is 0 Å². The first-order valence-electron chi connectivity index (χ1n) is 12.0. The van der Waals surface area contributed by atoms with Crippen molar-refractivity contribution in [1.82, 2.24) is 20.4 Å². The molecular formula is C26H34N4O3. The Labute approximate surface area is 195 Å². The number of hydrogen-bond donors (Lipinski definition) is 2. The monoisotopic (exact) mass is 450 g/mol. The van der Waals surface area contributed by atoms with Crippen LogP contribution in [0.2, 0.25) is 0 Å². The summed E-state index contributed by atoms with van der Waals surface area (Å²) in [4.78, 5) is 42.1. The van der Waals surface area contributed by atoms with Crippen LogP contribution in [-0.2, 0) is 20.8 Å². The van der Waals surface area contributed by atoms with Crippen LogP contribution < -0.4 is 10.6 Å². The molecule has 0 bridgehead atoms. The lowest BCUT2D eigenvalue weighted by Gasteiger charge is -2.37. The number of hydrogen-bond acceptors (Lipinski definition) is 4. The van der Waals surface area contributed by atoms with Crippen molar-refractivity contribution in [1.29, 1.82) is 0 Å². The normalized spacial score (nSPS) is 17.7. The van der Waals surface area contributed by atoms with Crippen LogP contribution in [-0.4, -0.2) is 72.3 Å². The maximum Gasteiger partial charge on any atom is 0.245 e. The molecule has 0 aromatic heterocycles. The van der Waals surface area contributed by atoms with E-state index in [4.69, 9.17) is 0 Å². The Kier molecular flexibility index (Phi) is 7.28. The van der Waals surface area contributed by atoms with Crippen LogP contribution >= 0.6 is 0 Å². The molecular weight excluding hydrogens is 416 g/mol. The maximum absolute atomic E-state index is 13.2. The number of benzene rings is 2. The molecule has 1 aliphatic carbocycles. The summed E-state index contributed by atoms with van der Waals surface area (Å²) >= 11 is 0. The molecule has 0 radical (unpaired) electrons. The summed E-state index contributed by atoms with van der Waals surface area (Å²) in [5, 5.41) is 8.16. The van der Waals surface area contributed by atoms with Gasteiger partial charge in [-0.1, -0.05) is 56.3 Å². The van der Waals surface area contributed by atoms with Gasteiger partial charge in [-0.15, -0.1) is 0 Å². The van der Waals surface area contributed by atoms with E-state index < -0.39 is 6.04 Å². The second kappa shape index (κ2) is 10.3. The molecule has 0 spiro atoms. The molecule has 1 heterocycles. The molecule has 2 aliphatic rings. The molecule has 7 nitrogen and oxygen atoms in total. The van der Waals surface area contributed by atoms with E-state index in [1.54, 1.807) is 0 Å². The predicted octanol–water partition coefficient (Wildman–Crippen LogP) is 1.95. The third-order valence-corrected chi connectivity index (χ3v) is 6.47. The highest BCUT2D eigenvalue weighted by Gasteiger charge is 2.31. The average molecular weight is 451 g/mol. The van der Waals surface area contributed by atoms with Crippen molar-refractivity contribution in [3.63, 3.8) is 0 Å². The molecule has 176 valence electrons. The number of piperazine rings is 1. The Balaban J connectivity index is 1.31. The zero-order chi connectivity index (χ0) is 23.4. The minimum Gasteiger partial charge on any atom is -0.352 e. The topological polar surface area (TPSA) is 81.8 Å². The molecule has 1 saturated carbocycles. The van der Waals surface area contributed by atoms with Crippen molar-refractivity contribution in [3.05, 3.63) is 48.0 Å². The molecule has 3 amide bonds. The van der Waals surface area contributed by atoms with Gasteiger partial charge in [0.15, 0.2) is 0 Å². The van der Waals surface area contributed by atoms with E-state index in [0.717, 1.165) is 29.2 Å². The van der Waals surface area contributed by atoms with Crippen molar-refractivity contribution < 1.29 is 14.4 Å². The van der Waals surface area contributed by atoms with Crippen molar-refractivity contribution >= 4 is 28.5 Å². The van der Waals surface area contributed by atoms with Gasteiger partial charge < -0.3 is 15.5 Å². The van der Waals surface area contributed by atoms with Crippen molar-refractivity contribution in [2.75, 3.05) is 32.7 Å². The lowest BCUT2D eigenvalue weighted by Crippen LogP contribution is -2.57. The smallest absolute Gasteiger partial charge is 0.245 e. The fourth-order valence-corrected chi connectivity index (χ4v) is 4.38. The second-order valence-corrected chi connectivity index (χ2v) is 9.55. The molecule has 2 fully saturated rings. The van der Waals surface area contributed by atoms with Gasteiger partial charge in [-0.3, -0.25) is 19.3 Å². The van der Waals surface area contributed by atoms with Crippen LogP contribution in [0.15, 0.2) is 42.5 Å². The van der Waals surface area contributed by atoms with E-state index in [1.807, 2.05) is 61.2 Å². The summed E-state index contributed by atoms with van der Waals surface area (Å²) < 4.78 is 0. The Morgan fingerprint density at radius 1 is 0.939 bits per heavy atom. The van der Waals surface area contributed by atoms with E-state index >= 15 is 0 Å². The van der Waals surface area contributed by atoms with Crippen LogP contribution in [0.1, 0.15) is 32.3 Å². The van der Waals surface area contributed by atoms with Gasteiger partial charge in [-0.05, 0) is 35.1 Å². The Hall–Kier alpha value is -2.93. The molecule has 7 heteroatoms. The van der Waals surface area contributed by atoms with Crippen LogP contribution in [0.3, 0.4) is 0 Å². The van der Waals surface area contributed by atoms with Crippen molar-refractivity contribution in [2.45, 2.75) is 45.2 Å². The second-order valence-electron chi connectivity index (χ2n) is 9.55. The molecule has 1 atom stereocenters. The summed E-state index contributed by atoms with van der Waals surface area (Å²) in [6.07, 6.45) is 2.40. The molecule has 0 unspecified atom stereocenters. The summed E-state index contributed by atoms with van der Waals surface area (Å²) in [7, 11) is 0. The third kappa shape index (κ3) is 6.11. The SMILES string of the molecule is CC(C)[C@@H](NC(=O)Cc1cccc2ccccc12)C(=O)N1CCN(CC(=O)NC2CC2)CC1. The Bertz CT molecular complexity index is 1000. The highest BCUT2D eigenvalue weighted by atomic mass is 16.2. The summed E-state index contributed by atoms with van der Waals surface area (Å²) in [6.45, 7) is 6.76. The molecule has 2 N–H and O–H groups in total. The zero-order valence-corrected chi connectivity index (χ0v) is 19.5. The van der Waals surface area contributed by atoms with Crippen molar-refractivity contribution in [3.8, 4) is 0 Å². The van der Waals surface area contributed by atoms with Crippen LogP contribution in [0.5, 0.6) is 0 Å². The molecule has 1 aliphatic heterocycles.